The fraction of sp³-hybridized carbons (Fsp3) is 0.632. The molecule has 5 nitrogen and oxygen atoms in total. The Morgan fingerprint density at radius 3 is 2.27 bits per heavy atom. The predicted octanol–water partition coefficient (Wildman–Crippen LogP) is 2.78. The van der Waals surface area contributed by atoms with Crippen LogP contribution in [0.25, 0.3) is 0 Å². The first-order valence-corrected chi connectivity index (χ1v) is 9.02. The van der Waals surface area contributed by atoms with Gasteiger partial charge in [0.1, 0.15) is 0 Å². The molecule has 0 aliphatic carbocycles. The standard InChI is InChI=1S/C19H31N3O2.2ClH/c1-3-22(4-2)17(16-8-6-5-7-9-16)14-21-18(23)19(15-20)10-12-24-13-11-19;;/h5-9,17H,3-4,10-15,20H2,1-2H3,(H,21,23);2*1H. The van der Waals surface area contributed by atoms with Gasteiger partial charge in [0.2, 0.25) is 5.91 Å². The van der Waals surface area contributed by atoms with Crippen LogP contribution in [-0.4, -0.2) is 50.2 Å². The van der Waals surface area contributed by atoms with E-state index in [4.69, 9.17) is 10.5 Å². The first kappa shape index (κ1) is 25.1. The number of rotatable bonds is 8. The second kappa shape index (κ2) is 12.5. The number of likely N-dealkylation sites (N-methyl/N-ethyl adjacent to an activating group) is 1. The fourth-order valence-electron chi connectivity index (χ4n) is 3.46. The number of carbonyl (C=O) groups is 1. The maximum absolute atomic E-state index is 12.8. The van der Waals surface area contributed by atoms with E-state index in [-0.39, 0.29) is 36.8 Å². The van der Waals surface area contributed by atoms with Crippen LogP contribution >= 0.6 is 24.8 Å². The van der Waals surface area contributed by atoms with Gasteiger partial charge in [0.25, 0.3) is 0 Å². The van der Waals surface area contributed by atoms with E-state index >= 15 is 0 Å². The molecule has 1 aliphatic heterocycles. The van der Waals surface area contributed by atoms with Crippen molar-refractivity contribution in [3.8, 4) is 0 Å². The summed E-state index contributed by atoms with van der Waals surface area (Å²) < 4.78 is 5.40. The number of carbonyl (C=O) groups excluding carboxylic acids is 1. The Balaban J connectivity index is 0.00000312. The van der Waals surface area contributed by atoms with Crippen molar-refractivity contribution in [2.45, 2.75) is 32.7 Å². The normalized spacial score (nSPS) is 16.9. The van der Waals surface area contributed by atoms with E-state index in [2.05, 4.69) is 36.2 Å². The lowest BCUT2D eigenvalue weighted by molar-refractivity contribution is -0.136. The number of hydrogen-bond donors (Lipinski definition) is 2. The van der Waals surface area contributed by atoms with Gasteiger partial charge in [-0.3, -0.25) is 9.69 Å². The average Bonchev–Trinajstić information content (AvgIpc) is 2.66. The summed E-state index contributed by atoms with van der Waals surface area (Å²) in [6.07, 6.45) is 1.41. The molecule has 0 radical (unpaired) electrons. The van der Waals surface area contributed by atoms with E-state index in [1.54, 1.807) is 0 Å². The molecular weight excluding hydrogens is 373 g/mol. The quantitative estimate of drug-likeness (QED) is 0.697. The van der Waals surface area contributed by atoms with Crippen molar-refractivity contribution in [3.05, 3.63) is 35.9 Å². The molecule has 1 unspecified atom stereocenters. The molecule has 1 heterocycles. The molecule has 0 spiro atoms. The van der Waals surface area contributed by atoms with Gasteiger partial charge in [0.15, 0.2) is 0 Å². The first-order valence-electron chi connectivity index (χ1n) is 9.02. The van der Waals surface area contributed by atoms with Crippen LogP contribution in [0, 0.1) is 5.41 Å². The lowest BCUT2D eigenvalue weighted by Gasteiger charge is -2.36. The monoisotopic (exact) mass is 405 g/mol. The van der Waals surface area contributed by atoms with Crippen molar-refractivity contribution in [2.24, 2.45) is 11.1 Å². The third-order valence-corrected chi connectivity index (χ3v) is 5.22. The minimum absolute atomic E-state index is 0. The summed E-state index contributed by atoms with van der Waals surface area (Å²) in [4.78, 5) is 15.2. The highest BCUT2D eigenvalue weighted by molar-refractivity contribution is 5.85. The molecule has 0 bridgehead atoms. The van der Waals surface area contributed by atoms with Crippen molar-refractivity contribution in [2.75, 3.05) is 39.4 Å². The third kappa shape index (κ3) is 6.10. The highest BCUT2D eigenvalue weighted by atomic mass is 35.5. The highest BCUT2D eigenvalue weighted by Crippen LogP contribution is 2.30. The van der Waals surface area contributed by atoms with Crippen LogP contribution in [0.1, 0.15) is 38.3 Å². The van der Waals surface area contributed by atoms with E-state index in [1.165, 1.54) is 5.56 Å². The van der Waals surface area contributed by atoms with Crippen LogP contribution in [0.2, 0.25) is 0 Å². The molecule has 1 atom stereocenters. The molecule has 7 heteroatoms. The summed E-state index contributed by atoms with van der Waals surface area (Å²) in [6, 6.07) is 10.6. The average molecular weight is 406 g/mol. The number of nitrogens with two attached hydrogens (primary N) is 1. The Morgan fingerprint density at radius 2 is 1.77 bits per heavy atom. The SMILES string of the molecule is CCN(CC)C(CNC(=O)C1(CN)CCOCC1)c1ccccc1.Cl.Cl. The van der Waals surface area contributed by atoms with Crippen molar-refractivity contribution < 1.29 is 9.53 Å². The van der Waals surface area contributed by atoms with Crippen molar-refractivity contribution >= 4 is 30.7 Å². The van der Waals surface area contributed by atoms with E-state index in [0.29, 0.717) is 39.1 Å². The third-order valence-electron chi connectivity index (χ3n) is 5.22. The van der Waals surface area contributed by atoms with E-state index in [1.807, 2.05) is 18.2 Å². The number of nitrogens with one attached hydrogen (secondary N) is 1. The molecule has 3 N–H and O–H groups in total. The molecule has 1 amide bonds. The van der Waals surface area contributed by atoms with Gasteiger partial charge in [0, 0.05) is 26.3 Å². The van der Waals surface area contributed by atoms with Crippen LogP contribution < -0.4 is 11.1 Å². The zero-order chi connectivity index (χ0) is 17.4. The zero-order valence-corrected chi connectivity index (χ0v) is 17.4. The molecular formula is C19H33Cl2N3O2. The lowest BCUT2D eigenvalue weighted by atomic mass is 9.79. The summed E-state index contributed by atoms with van der Waals surface area (Å²) in [7, 11) is 0. The molecule has 1 aromatic rings. The van der Waals surface area contributed by atoms with Crippen LogP contribution in [-0.2, 0) is 9.53 Å². The minimum Gasteiger partial charge on any atom is -0.381 e. The summed E-state index contributed by atoms with van der Waals surface area (Å²) in [5, 5.41) is 3.18. The molecule has 150 valence electrons. The van der Waals surface area contributed by atoms with Crippen molar-refractivity contribution in [1.82, 2.24) is 10.2 Å². The van der Waals surface area contributed by atoms with E-state index in [9.17, 15) is 4.79 Å². The van der Waals surface area contributed by atoms with E-state index < -0.39 is 5.41 Å². The summed E-state index contributed by atoms with van der Waals surface area (Å²) in [5.74, 6) is 0.0707. The van der Waals surface area contributed by atoms with Gasteiger partial charge in [0.05, 0.1) is 11.5 Å². The predicted molar refractivity (Wildman–Crippen MR) is 111 cm³/mol. The van der Waals surface area contributed by atoms with E-state index in [0.717, 1.165) is 13.1 Å². The molecule has 0 saturated carbocycles. The van der Waals surface area contributed by atoms with Crippen LogP contribution in [0.4, 0.5) is 0 Å². The molecule has 2 rings (SSSR count). The van der Waals surface area contributed by atoms with Gasteiger partial charge in [-0.05, 0) is 31.5 Å². The van der Waals surface area contributed by atoms with Gasteiger partial charge in [-0.15, -0.1) is 24.8 Å². The van der Waals surface area contributed by atoms with Gasteiger partial charge < -0.3 is 15.8 Å². The fourth-order valence-corrected chi connectivity index (χ4v) is 3.46. The minimum atomic E-state index is -0.469. The Kier molecular flexibility index (Phi) is 12.1. The molecule has 1 saturated heterocycles. The highest BCUT2D eigenvalue weighted by Gasteiger charge is 2.39. The topological polar surface area (TPSA) is 67.6 Å². The Morgan fingerprint density at radius 1 is 1.19 bits per heavy atom. The number of halogens is 2. The molecule has 1 aliphatic rings. The smallest absolute Gasteiger partial charge is 0.227 e. The molecule has 26 heavy (non-hydrogen) atoms. The maximum Gasteiger partial charge on any atom is 0.227 e. The Labute approximate surface area is 169 Å². The number of nitrogens with zero attached hydrogens (tertiary/aromatic N) is 1. The maximum atomic E-state index is 12.8. The number of hydrogen-bond acceptors (Lipinski definition) is 4. The first-order chi connectivity index (χ1) is 11.7. The number of benzene rings is 1. The summed E-state index contributed by atoms with van der Waals surface area (Å²) >= 11 is 0. The molecule has 0 aromatic heterocycles. The van der Waals surface area contributed by atoms with Gasteiger partial charge >= 0.3 is 0 Å². The van der Waals surface area contributed by atoms with Crippen molar-refractivity contribution in [3.63, 3.8) is 0 Å². The lowest BCUT2D eigenvalue weighted by Crippen LogP contribution is -2.50. The summed E-state index contributed by atoms with van der Waals surface area (Å²) in [5.41, 5.74) is 6.70. The Hall–Kier alpha value is -0.850. The van der Waals surface area contributed by atoms with Crippen LogP contribution in [0.15, 0.2) is 30.3 Å². The zero-order valence-electron chi connectivity index (χ0n) is 15.8. The van der Waals surface area contributed by atoms with Gasteiger partial charge in [-0.1, -0.05) is 44.2 Å². The second-order valence-corrected chi connectivity index (χ2v) is 6.45. The number of ether oxygens (including phenoxy) is 1. The molecule has 1 aromatic carbocycles. The molecule has 1 fully saturated rings. The van der Waals surface area contributed by atoms with Crippen molar-refractivity contribution in [1.29, 1.82) is 0 Å². The largest absolute Gasteiger partial charge is 0.381 e. The van der Waals surface area contributed by atoms with Crippen LogP contribution in [0.3, 0.4) is 0 Å². The van der Waals surface area contributed by atoms with Crippen LogP contribution in [0.5, 0.6) is 0 Å². The Bertz CT molecular complexity index is 507. The number of amides is 1. The summed E-state index contributed by atoms with van der Waals surface area (Å²) in [6.45, 7) is 8.41. The van der Waals surface area contributed by atoms with Gasteiger partial charge in [-0.25, -0.2) is 0 Å². The second-order valence-electron chi connectivity index (χ2n) is 6.45. The van der Waals surface area contributed by atoms with Gasteiger partial charge in [-0.2, -0.15) is 0 Å².